The molecule has 3 nitrogen and oxygen atoms in total. The van der Waals surface area contributed by atoms with Crippen molar-refractivity contribution in [2.75, 3.05) is 13.7 Å². The van der Waals surface area contributed by atoms with Crippen molar-refractivity contribution < 1.29 is 14.3 Å². The minimum absolute atomic E-state index is 0.0832. The van der Waals surface area contributed by atoms with Crippen LogP contribution in [0.4, 0.5) is 0 Å². The highest BCUT2D eigenvalue weighted by atomic mass is 16.6. The van der Waals surface area contributed by atoms with Gasteiger partial charge in [-0.3, -0.25) is 0 Å². The molecule has 0 N–H and O–H groups in total. The number of hydrogen-bond acceptors (Lipinski definition) is 3. The first kappa shape index (κ1) is 14.1. The van der Waals surface area contributed by atoms with E-state index in [9.17, 15) is 4.79 Å². The van der Waals surface area contributed by atoms with Crippen molar-refractivity contribution in [3.05, 3.63) is 53.6 Å². The van der Waals surface area contributed by atoms with Crippen LogP contribution in [-0.2, 0) is 9.53 Å². The number of esters is 1. The van der Waals surface area contributed by atoms with Crippen LogP contribution in [0.25, 0.3) is 11.1 Å². The lowest BCUT2D eigenvalue weighted by Crippen LogP contribution is -2.13. The molecule has 2 aromatic rings. The van der Waals surface area contributed by atoms with E-state index in [1.54, 1.807) is 0 Å². The molecule has 0 saturated heterocycles. The maximum absolute atomic E-state index is 11.3. The van der Waals surface area contributed by atoms with Gasteiger partial charge in [0.1, 0.15) is 5.75 Å². The normalized spacial score (nSPS) is 10.2. The lowest BCUT2D eigenvalue weighted by atomic mass is 10.0. The Morgan fingerprint density at radius 2 is 1.85 bits per heavy atom. The molecule has 0 radical (unpaired) electrons. The monoisotopic (exact) mass is 270 g/mol. The first-order chi connectivity index (χ1) is 9.61. The zero-order valence-electron chi connectivity index (χ0n) is 12.0. The number of rotatable bonds is 4. The molecule has 0 aliphatic rings. The fraction of sp³-hybridized carbons (Fsp3) is 0.235. The van der Waals surface area contributed by atoms with Crippen LogP contribution in [0, 0.1) is 13.8 Å². The molecule has 2 aromatic carbocycles. The molecule has 20 heavy (non-hydrogen) atoms. The minimum Gasteiger partial charge on any atom is -0.481 e. The third-order valence-electron chi connectivity index (χ3n) is 3.10. The Hall–Kier alpha value is -2.29. The second kappa shape index (κ2) is 6.24. The van der Waals surface area contributed by atoms with Crippen molar-refractivity contribution >= 4 is 5.97 Å². The second-order valence-corrected chi connectivity index (χ2v) is 4.69. The summed E-state index contributed by atoms with van der Waals surface area (Å²) in [4.78, 5) is 11.3. The summed E-state index contributed by atoms with van der Waals surface area (Å²) >= 11 is 0. The van der Waals surface area contributed by atoms with Gasteiger partial charge in [-0.2, -0.15) is 0 Å². The highest BCUT2D eigenvalue weighted by molar-refractivity contribution is 5.75. The molecule has 0 unspecified atom stereocenters. The van der Waals surface area contributed by atoms with Crippen LogP contribution >= 0.6 is 0 Å². The van der Waals surface area contributed by atoms with Gasteiger partial charge in [-0.15, -0.1) is 0 Å². The van der Waals surface area contributed by atoms with E-state index in [1.165, 1.54) is 12.7 Å². The Bertz CT molecular complexity index is 617. The summed E-state index contributed by atoms with van der Waals surface area (Å²) in [6, 6.07) is 14.1. The first-order valence-corrected chi connectivity index (χ1v) is 6.48. The van der Waals surface area contributed by atoms with Crippen LogP contribution in [0.3, 0.4) is 0 Å². The number of carbonyl (C=O) groups is 1. The maximum Gasteiger partial charge on any atom is 0.343 e. The molecule has 0 aromatic heterocycles. The molecule has 0 bridgehead atoms. The van der Waals surface area contributed by atoms with Crippen LogP contribution < -0.4 is 4.74 Å². The van der Waals surface area contributed by atoms with E-state index in [0.717, 1.165) is 22.4 Å². The fourth-order valence-electron chi connectivity index (χ4n) is 2.07. The second-order valence-electron chi connectivity index (χ2n) is 4.69. The van der Waals surface area contributed by atoms with Gasteiger partial charge in [0.2, 0.25) is 0 Å². The molecule has 0 aliphatic heterocycles. The van der Waals surface area contributed by atoms with E-state index in [2.05, 4.69) is 10.8 Å². The summed E-state index contributed by atoms with van der Waals surface area (Å²) < 4.78 is 10.3. The van der Waals surface area contributed by atoms with Crippen molar-refractivity contribution in [2.24, 2.45) is 0 Å². The van der Waals surface area contributed by atoms with Gasteiger partial charge in [0.15, 0.2) is 6.61 Å². The Balaban J connectivity index is 2.38. The predicted molar refractivity (Wildman–Crippen MR) is 78.9 cm³/mol. The summed E-state index contributed by atoms with van der Waals surface area (Å²) in [5.74, 6) is 0.340. The summed E-state index contributed by atoms with van der Waals surface area (Å²) in [5.41, 5.74) is 4.24. The number of aryl methyl sites for hydroxylation is 2. The molecule has 2 rings (SSSR count). The zero-order chi connectivity index (χ0) is 14.5. The van der Waals surface area contributed by atoms with E-state index in [-0.39, 0.29) is 12.6 Å². The average molecular weight is 270 g/mol. The van der Waals surface area contributed by atoms with Crippen LogP contribution in [-0.4, -0.2) is 19.7 Å². The van der Waals surface area contributed by atoms with Gasteiger partial charge in [-0.05, 0) is 25.0 Å². The van der Waals surface area contributed by atoms with Gasteiger partial charge < -0.3 is 9.47 Å². The molecule has 0 amide bonds. The number of carbonyl (C=O) groups excluding carboxylic acids is 1. The highest BCUT2D eigenvalue weighted by Crippen LogP contribution is 2.33. The predicted octanol–water partition coefficient (Wildman–Crippen LogP) is 3.52. The van der Waals surface area contributed by atoms with Crippen LogP contribution in [0.1, 0.15) is 11.1 Å². The van der Waals surface area contributed by atoms with Gasteiger partial charge >= 0.3 is 5.97 Å². The molecular formula is C17H18O3. The number of hydrogen-bond donors (Lipinski definition) is 0. The SMILES string of the molecule is COC(=O)COc1c(C)cccc1-c1cccc(C)c1. The number of benzene rings is 2. The Kier molecular flexibility index (Phi) is 4.41. The quantitative estimate of drug-likeness (QED) is 0.797. The van der Waals surface area contributed by atoms with Gasteiger partial charge in [-0.25, -0.2) is 4.79 Å². The van der Waals surface area contributed by atoms with E-state index in [1.807, 2.05) is 50.2 Å². The lowest BCUT2D eigenvalue weighted by Gasteiger charge is -2.14. The molecule has 0 aliphatic carbocycles. The summed E-state index contributed by atoms with van der Waals surface area (Å²) in [7, 11) is 1.35. The Morgan fingerprint density at radius 1 is 1.10 bits per heavy atom. The minimum atomic E-state index is -0.386. The van der Waals surface area contributed by atoms with Crippen LogP contribution in [0.15, 0.2) is 42.5 Å². The van der Waals surface area contributed by atoms with Gasteiger partial charge in [0, 0.05) is 5.56 Å². The van der Waals surface area contributed by atoms with E-state index >= 15 is 0 Å². The third-order valence-corrected chi connectivity index (χ3v) is 3.10. The first-order valence-electron chi connectivity index (χ1n) is 6.48. The van der Waals surface area contributed by atoms with E-state index in [4.69, 9.17) is 4.74 Å². The van der Waals surface area contributed by atoms with E-state index in [0.29, 0.717) is 0 Å². The van der Waals surface area contributed by atoms with Crippen molar-refractivity contribution in [2.45, 2.75) is 13.8 Å². The topological polar surface area (TPSA) is 35.5 Å². The van der Waals surface area contributed by atoms with Crippen molar-refractivity contribution in [3.8, 4) is 16.9 Å². The molecular weight excluding hydrogens is 252 g/mol. The molecule has 0 heterocycles. The third kappa shape index (κ3) is 3.18. The number of ether oxygens (including phenoxy) is 2. The molecule has 0 fully saturated rings. The highest BCUT2D eigenvalue weighted by Gasteiger charge is 2.11. The van der Waals surface area contributed by atoms with Gasteiger partial charge in [0.05, 0.1) is 7.11 Å². The smallest absolute Gasteiger partial charge is 0.343 e. The largest absolute Gasteiger partial charge is 0.481 e. The standard InChI is InChI=1S/C17H18O3/c1-12-6-4-8-14(10-12)15-9-5-7-13(2)17(15)20-11-16(18)19-3/h4-10H,11H2,1-3H3. The Morgan fingerprint density at radius 3 is 2.55 bits per heavy atom. The van der Waals surface area contributed by atoms with Gasteiger partial charge in [-0.1, -0.05) is 48.0 Å². The number of para-hydroxylation sites is 1. The van der Waals surface area contributed by atoms with Crippen molar-refractivity contribution in [3.63, 3.8) is 0 Å². The van der Waals surface area contributed by atoms with E-state index < -0.39 is 0 Å². The summed E-state index contributed by atoms with van der Waals surface area (Å²) in [5, 5.41) is 0. The van der Waals surface area contributed by atoms with Crippen molar-refractivity contribution in [1.29, 1.82) is 0 Å². The maximum atomic E-state index is 11.3. The van der Waals surface area contributed by atoms with Crippen molar-refractivity contribution in [1.82, 2.24) is 0 Å². The molecule has 3 heteroatoms. The van der Waals surface area contributed by atoms with Gasteiger partial charge in [0.25, 0.3) is 0 Å². The van der Waals surface area contributed by atoms with Crippen LogP contribution in [0.5, 0.6) is 5.75 Å². The number of methoxy groups -OCH3 is 1. The molecule has 0 saturated carbocycles. The van der Waals surface area contributed by atoms with Crippen LogP contribution in [0.2, 0.25) is 0 Å². The Labute approximate surface area is 119 Å². The zero-order valence-corrected chi connectivity index (χ0v) is 12.0. The summed E-state index contributed by atoms with van der Waals surface area (Å²) in [6.45, 7) is 3.93. The lowest BCUT2D eigenvalue weighted by molar-refractivity contribution is -0.142. The summed E-state index contributed by atoms with van der Waals surface area (Å²) in [6.07, 6.45) is 0. The average Bonchev–Trinajstić information content (AvgIpc) is 2.45. The fourth-order valence-corrected chi connectivity index (χ4v) is 2.07. The molecule has 0 atom stereocenters. The molecule has 0 spiro atoms. The molecule has 104 valence electrons.